The maximum Gasteiger partial charge on any atom is 0.226 e. The summed E-state index contributed by atoms with van der Waals surface area (Å²) in [5.41, 5.74) is 1.28. The van der Waals surface area contributed by atoms with E-state index in [0.717, 1.165) is 6.08 Å². The Hall–Kier alpha value is -3.29. The van der Waals surface area contributed by atoms with E-state index >= 15 is 0 Å². The lowest BCUT2D eigenvalue weighted by atomic mass is 10.0. The third kappa shape index (κ3) is 3.15. The first-order valence-electron chi connectivity index (χ1n) is 6.71. The minimum Gasteiger partial charge on any atom is -0.506 e. The number of aliphatic hydroxyl groups excluding tert-OH is 1. The molecule has 0 bridgehead atoms. The monoisotopic (exact) mass is 313 g/mol. The van der Waals surface area contributed by atoms with Crippen LogP contribution in [0.1, 0.15) is 27.4 Å². The Bertz CT molecular complexity index is 854. The van der Waals surface area contributed by atoms with Gasteiger partial charge in [-0.05, 0) is 11.6 Å². The first-order chi connectivity index (χ1) is 11.1. The standard InChI is InChI=1S/C15H12FN5O2/c16-11-4-2-1-3-9(11)5-10-7-18-20-14(10)12(22)6-13(23)15-17-8-19-21-15/h1-4,6-8,22H,5H2,(H,18,20)(H,17,19,21). The minimum atomic E-state index is -0.536. The van der Waals surface area contributed by atoms with E-state index in [0.29, 0.717) is 11.1 Å². The Labute approximate surface area is 129 Å². The fraction of sp³-hybridized carbons (Fsp3) is 0.0667. The molecule has 23 heavy (non-hydrogen) atoms. The first kappa shape index (κ1) is 14.6. The van der Waals surface area contributed by atoms with E-state index in [-0.39, 0.29) is 29.5 Å². The van der Waals surface area contributed by atoms with Gasteiger partial charge >= 0.3 is 0 Å². The van der Waals surface area contributed by atoms with Crippen molar-refractivity contribution in [2.75, 3.05) is 0 Å². The van der Waals surface area contributed by atoms with Crippen LogP contribution in [-0.4, -0.2) is 36.3 Å². The predicted molar refractivity (Wildman–Crippen MR) is 79.1 cm³/mol. The van der Waals surface area contributed by atoms with Crippen LogP contribution in [0.4, 0.5) is 4.39 Å². The molecule has 7 nitrogen and oxygen atoms in total. The molecule has 3 rings (SSSR count). The smallest absolute Gasteiger partial charge is 0.226 e. The second-order valence-corrected chi connectivity index (χ2v) is 4.77. The van der Waals surface area contributed by atoms with Crippen molar-refractivity contribution >= 4 is 11.5 Å². The zero-order valence-corrected chi connectivity index (χ0v) is 11.8. The van der Waals surface area contributed by atoms with Crippen LogP contribution < -0.4 is 0 Å². The molecule has 8 heteroatoms. The fourth-order valence-electron chi connectivity index (χ4n) is 2.10. The van der Waals surface area contributed by atoms with Crippen molar-refractivity contribution in [1.29, 1.82) is 0 Å². The van der Waals surface area contributed by atoms with Crippen LogP contribution in [0.5, 0.6) is 0 Å². The molecule has 3 aromatic rings. The van der Waals surface area contributed by atoms with Gasteiger partial charge in [0.1, 0.15) is 23.6 Å². The Kier molecular flexibility index (Phi) is 3.96. The molecule has 0 amide bonds. The fourth-order valence-corrected chi connectivity index (χ4v) is 2.10. The van der Waals surface area contributed by atoms with Crippen molar-refractivity contribution in [2.45, 2.75) is 6.42 Å². The van der Waals surface area contributed by atoms with E-state index in [2.05, 4.69) is 25.4 Å². The predicted octanol–water partition coefficient (Wildman–Crippen LogP) is 2.04. The third-order valence-corrected chi connectivity index (χ3v) is 3.23. The van der Waals surface area contributed by atoms with Crippen molar-refractivity contribution in [3.63, 3.8) is 0 Å². The van der Waals surface area contributed by atoms with Gasteiger partial charge in [0.05, 0.1) is 6.20 Å². The molecule has 0 aliphatic carbocycles. The van der Waals surface area contributed by atoms with E-state index in [9.17, 15) is 14.3 Å². The number of nitrogens with one attached hydrogen (secondary N) is 2. The van der Waals surface area contributed by atoms with Crippen LogP contribution in [0.15, 0.2) is 42.9 Å². The number of hydrogen-bond donors (Lipinski definition) is 3. The largest absolute Gasteiger partial charge is 0.506 e. The van der Waals surface area contributed by atoms with Crippen LogP contribution >= 0.6 is 0 Å². The van der Waals surface area contributed by atoms with E-state index in [1.54, 1.807) is 18.2 Å². The Morgan fingerprint density at radius 3 is 2.78 bits per heavy atom. The molecule has 0 radical (unpaired) electrons. The molecule has 0 fully saturated rings. The number of aromatic amines is 2. The van der Waals surface area contributed by atoms with E-state index in [1.807, 2.05) is 0 Å². The number of allylic oxidation sites excluding steroid dienone is 1. The number of carbonyl (C=O) groups is 1. The highest BCUT2D eigenvalue weighted by atomic mass is 19.1. The summed E-state index contributed by atoms with van der Waals surface area (Å²) in [5, 5.41) is 22.5. The molecule has 0 saturated heterocycles. The van der Waals surface area contributed by atoms with Gasteiger partial charge in [0.15, 0.2) is 5.82 Å². The zero-order chi connectivity index (χ0) is 16.2. The summed E-state index contributed by atoms with van der Waals surface area (Å²) in [4.78, 5) is 15.6. The molecule has 3 N–H and O–H groups in total. The lowest BCUT2D eigenvalue weighted by molar-refractivity contribution is 0.103. The maximum absolute atomic E-state index is 13.7. The number of hydrogen-bond acceptors (Lipinski definition) is 5. The summed E-state index contributed by atoms with van der Waals surface area (Å²) in [5.74, 6) is -1.19. The number of rotatable bonds is 5. The quantitative estimate of drug-likeness (QED) is 0.379. The number of aromatic nitrogens is 5. The van der Waals surface area contributed by atoms with Gasteiger partial charge in [-0.2, -0.15) is 10.2 Å². The van der Waals surface area contributed by atoms with Crippen LogP contribution in [0.2, 0.25) is 0 Å². The summed E-state index contributed by atoms with van der Waals surface area (Å²) in [6.07, 6.45) is 3.90. The van der Waals surface area contributed by atoms with Crippen LogP contribution in [0, 0.1) is 5.82 Å². The number of aliphatic hydroxyl groups is 1. The Morgan fingerprint density at radius 2 is 2.04 bits per heavy atom. The molecule has 0 aliphatic rings. The van der Waals surface area contributed by atoms with Gasteiger partial charge in [0, 0.05) is 18.1 Å². The lowest BCUT2D eigenvalue weighted by Gasteiger charge is -2.04. The lowest BCUT2D eigenvalue weighted by Crippen LogP contribution is -2.01. The number of carbonyl (C=O) groups excluding carboxylic acids is 1. The second-order valence-electron chi connectivity index (χ2n) is 4.77. The van der Waals surface area contributed by atoms with Crippen molar-refractivity contribution in [2.24, 2.45) is 0 Å². The SMILES string of the molecule is O=C(C=C(O)c1[nH]ncc1Cc1ccccc1F)c1ncn[nH]1. The van der Waals surface area contributed by atoms with Gasteiger partial charge in [-0.15, -0.1) is 0 Å². The van der Waals surface area contributed by atoms with Crippen LogP contribution in [0.25, 0.3) is 5.76 Å². The summed E-state index contributed by atoms with van der Waals surface area (Å²) < 4.78 is 13.7. The van der Waals surface area contributed by atoms with E-state index < -0.39 is 5.78 Å². The van der Waals surface area contributed by atoms with Crippen LogP contribution in [-0.2, 0) is 6.42 Å². The van der Waals surface area contributed by atoms with Crippen molar-refractivity contribution in [1.82, 2.24) is 25.4 Å². The van der Waals surface area contributed by atoms with Crippen LogP contribution in [0.3, 0.4) is 0 Å². The highest BCUT2D eigenvalue weighted by molar-refractivity contribution is 6.05. The summed E-state index contributed by atoms with van der Waals surface area (Å²) in [6, 6.07) is 6.33. The minimum absolute atomic E-state index is 0.00622. The number of benzene rings is 1. The van der Waals surface area contributed by atoms with Gasteiger partial charge in [-0.25, -0.2) is 9.37 Å². The molecule has 1 aromatic carbocycles. The first-order valence-corrected chi connectivity index (χ1v) is 6.71. The second kappa shape index (κ2) is 6.22. The number of halogens is 1. The number of H-pyrrole nitrogens is 2. The summed E-state index contributed by atoms with van der Waals surface area (Å²) >= 11 is 0. The van der Waals surface area contributed by atoms with E-state index in [1.165, 1.54) is 18.6 Å². The average molecular weight is 313 g/mol. The zero-order valence-electron chi connectivity index (χ0n) is 11.8. The Morgan fingerprint density at radius 1 is 1.22 bits per heavy atom. The molecule has 2 heterocycles. The third-order valence-electron chi connectivity index (χ3n) is 3.23. The van der Waals surface area contributed by atoms with Gasteiger partial charge in [0.2, 0.25) is 5.78 Å². The van der Waals surface area contributed by atoms with E-state index in [4.69, 9.17) is 0 Å². The summed E-state index contributed by atoms with van der Waals surface area (Å²) in [6.45, 7) is 0. The highest BCUT2D eigenvalue weighted by Gasteiger charge is 2.14. The average Bonchev–Trinajstić information content (AvgIpc) is 3.20. The normalized spacial score (nSPS) is 11.6. The molecule has 2 aromatic heterocycles. The van der Waals surface area contributed by atoms with Gasteiger partial charge in [-0.1, -0.05) is 18.2 Å². The maximum atomic E-state index is 13.7. The Balaban J connectivity index is 1.86. The van der Waals surface area contributed by atoms with Gasteiger partial charge in [-0.3, -0.25) is 15.0 Å². The van der Waals surface area contributed by atoms with Crippen molar-refractivity contribution < 1.29 is 14.3 Å². The van der Waals surface area contributed by atoms with Gasteiger partial charge in [0.25, 0.3) is 0 Å². The molecule has 0 aliphatic heterocycles. The number of nitrogens with zero attached hydrogens (tertiary/aromatic N) is 3. The molecule has 0 spiro atoms. The molecule has 0 atom stereocenters. The highest BCUT2D eigenvalue weighted by Crippen LogP contribution is 2.19. The summed E-state index contributed by atoms with van der Waals surface area (Å²) in [7, 11) is 0. The molecular weight excluding hydrogens is 301 g/mol. The molecule has 116 valence electrons. The topological polar surface area (TPSA) is 108 Å². The van der Waals surface area contributed by atoms with Crippen molar-refractivity contribution in [3.05, 3.63) is 71.3 Å². The molecule has 0 saturated carbocycles. The number of ketones is 1. The molecular formula is C15H12FN5O2. The van der Waals surface area contributed by atoms with Gasteiger partial charge < -0.3 is 5.11 Å². The molecule has 0 unspecified atom stereocenters. The van der Waals surface area contributed by atoms with Crippen molar-refractivity contribution in [3.8, 4) is 0 Å².